The number of thioether (sulfide) groups is 1. The molecule has 1 N–H and O–H groups in total. The number of nitriles is 1. The summed E-state index contributed by atoms with van der Waals surface area (Å²) in [6.07, 6.45) is 5.47. The second-order valence-corrected chi connectivity index (χ2v) is 7.67. The van der Waals surface area contributed by atoms with Gasteiger partial charge in [-0.3, -0.25) is 4.79 Å². The van der Waals surface area contributed by atoms with Gasteiger partial charge >= 0.3 is 0 Å². The minimum Gasteiger partial charge on any atom is -0.337 e. The minimum atomic E-state index is -0.667. The fourth-order valence-electron chi connectivity index (χ4n) is 2.39. The zero-order valence-corrected chi connectivity index (χ0v) is 14.0. The van der Waals surface area contributed by atoms with Gasteiger partial charge in [-0.15, -0.1) is 0 Å². The molecule has 2 rings (SSSR count). The van der Waals surface area contributed by atoms with Crippen LogP contribution in [0.3, 0.4) is 0 Å². The van der Waals surface area contributed by atoms with Crippen LogP contribution in [0.1, 0.15) is 51.8 Å². The van der Waals surface area contributed by atoms with Gasteiger partial charge < -0.3 is 5.32 Å². The quantitative estimate of drug-likeness (QED) is 0.843. The zero-order valence-electron chi connectivity index (χ0n) is 12.4. The average Bonchev–Trinajstić information content (AvgIpc) is 2.95. The van der Waals surface area contributed by atoms with E-state index < -0.39 is 5.54 Å². The van der Waals surface area contributed by atoms with Crippen molar-refractivity contribution in [3.05, 3.63) is 5.82 Å². The summed E-state index contributed by atoms with van der Waals surface area (Å²) in [5, 5.41) is 12.1. The van der Waals surface area contributed by atoms with Gasteiger partial charge in [0.05, 0.1) is 11.3 Å². The van der Waals surface area contributed by atoms with Crippen LogP contribution in [0.15, 0.2) is 4.34 Å². The first kappa shape index (κ1) is 16.2. The van der Waals surface area contributed by atoms with Gasteiger partial charge in [0, 0.05) is 6.42 Å². The Morgan fingerprint density at radius 3 is 2.81 bits per heavy atom. The van der Waals surface area contributed by atoms with E-state index in [1.807, 2.05) is 13.8 Å². The largest absolute Gasteiger partial charge is 0.337 e. The standard InChI is InChI=1S/C14H20N4OS2/c1-3-11-16-13(21-18-11)20-10(2)12(19)17-14(9-15)7-5-4-6-8-14/h10H,3-8H2,1-2H3,(H,17,19). The van der Waals surface area contributed by atoms with Gasteiger partial charge in [0.1, 0.15) is 11.4 Å². The summed E-state index contributed by atoms with van der Waals surface area (Å²) in [6.45, 7) is 3.85. The summed E-state index contributed by atoms with van der Waals surface area (Å²) >= 11 is 2.74. The molecule has 21 heavy (non-hydrogen) atoms. The molecule has 0 aromatic carbocycles. The molecular weight excluding hydrogens is 304 g/mol. The van der Waals surface area contributed by atoms with Crippen molar-refractivity contribution in [3.63, 3.8) is 0 Å². The molecule has 1 heterocycles. The van der Waals surface area contributed by atoms with Gasteiger partial charge in [-0.25, -0.2) is 4.98 Å². The molecule has 1 aromatic rings. The van der Waals surface area contributed by atoms with Crippen LogP contribution in [0.25, 0.3) is 0 Å². The molecule has 0 saturated heterocycles. The van der Waals surface area contributed by atoms with E-state index in [1.165, 1.54) is 23.3 Å². The van der Waals surface area contributed by atoms with Crippen LogP contribution in [0.5, 0.6) is 0 Å². The molecule has 7 heteroatoms. The van der Waals surface area contributed by atoms with Crippen LogP contribution in [-0.4, -0.2) is 26.1 Å². The summed E-state index contributed by atoms with van der Waals surface area (Å²) in [5.74, 6) is 0.729. The van der Waals surface area contributed by atoms with Crippen molar-refractivity contribution in [1.29, 1.82) is 5.26 Å². The van der Waals surface area contributed by atoms with Gasteiger partial charge in [0.25, 0.3) is 0 Å². The Hall–Kier alpha value is -1.13. The maximum absolute atomic E-state index is 12.3. The lowest BCUT2D eigenvalue weighted by molar-refractivity contribution is -0.121. The number of aryl methyl sites for hydroxylation is 1. The SMILES string of the molecule is CCc1nsc(SC(C)C(=O)NC2(C#N)CCCCC2)n1. The van der Waals surface area contributed by atoms with Gasteiger partial charge in [-0.1, -0.05) is 37.9 Å². The number of amides is 1. The summed E-state index contributed by atoms with van der Waals surface area (Å²) in [6, 6.07) is 2.31. The number of hydrogen-bond acceptors (Lipinski definition) is 6. The highest BCUT2D eigenvalue weighted by atomic mass is 32.2. The van der Waals surface area contributed by atoms with Crippen LogP contribution in [0.2, 0.25) is 0 Å². The average molecular weight is 324 g/mol. The normalized spacial score (nSPS) is 18.7. The molecule has 1 unspecified atom stereocenters. The lowest BCUT2D eigenvalue weighted by atomic mass is 9.83. The molecule has 1 atom stereocenters. The fourth-order valence-corrected chi connectivity index (χ4v) is 4.23. The van der Waals surface area contributed by atoms with E-state index in [0.29, 0.717) is 0 Å². The molecule has 0 bridgehead atoms. The molecule has 1 aliphatic carbocycles. The Labute approximate surface area is 133 Å². The van der Waals surface area contributed by atoms with E-state index in [4.69, 9.17) is 0 Å². The first-order valence-corrected chi connectivity index (χ1v) is 8.96. The van der Waals surface area contributed by atoms with Gasteiger partial charge in [0.2, 0.25) is 5.91 Å². The molecule has 1 amide bonds. The molecule has 0 radical (unpaired) electrons. The molecular formula is C14H20N4OS2. The number of nitrogens with zero attached hydrogens (tertiary/aromatic N) is 3. The van der Waals surface area contributed by atoms with E-state index in [-0.39, 0.29) is 11.2 Å². The summed E-state index contributed by atoms with van der Waals surface area (Å²) in [7, 11) is 0. The van der Waals surface area contributed by atoms with Crippen LogP contribution >= 0.6 is 23.3 Å². The zero-order chi connectivity index (χ0) is 15.3. The Balaban J connectivity index is 1.94. The summed E-state index contributed by atoms with van der Waals surface area (Å²) in [5.41, 5.74) is -0.667. The summed E-state index contributed by atoms with van der Waals surface area (Å²) in [4.78, 5) is 16.7. The highest BCUT2D eigenvalue weighted by Gasteiger charge is 2.35. The monoisotopic (exact) mass is 324 g/mol. The molecule has 1 fully saturated rings. The Morgan fingerprint density at radius 1 is 1.52 bits per heavy atom. The Bertz CT molecular complexity index is 531. The third-order valence-electron chi connectivity index (χ3n) is 3.70. The predicted molar refractivity (Wildman–Crippen MR) is 84.2 cm³/mol. The third-order valence-corrected chi connectivity index (χ3v) is 5.62. The molecule has 1 saturated carbocycles. The molecule has 5 nitrogen and oxygen atoms in total. The smallest absolute Gasteiger partial charge is 0.234 e. The first-order chi connectivity index (χ1) is 10.1. The van der Waals surface area contributed by atoms with E-state index in [0.717, 1.165) is 48.7 Å². The van der Waals surface area contributed by atoms with Crippen molar-refractivity contribution < 1.29 is 4.79 Å². The molecule has 0 spiro atoms. The van der Waals surface area contributed by atoms with Gasteiger partial charge in [-0.2, -0.15) is 9.64 Å². The highest BCUT2D eigenvalue weighted by molar-refractivity contribution is 8.02. The van der Waals surface area contributed by atoms with Crippen molar-refractivity contribution in [2.75, 3.05) is 0 Å². The van der Waals surface area contributed by atoms with Crippen molar-refractivity contribution in [2.45, 2.75) is 67.5 Å². The predicted octanol–water partition coefficient (Wildman–Crippen LogP) is 2.92. The lowest BCUT2D eigenvalue weighted by Gasteiger charge is -2.32. The molecule has 0 aliphatic heterocycles. The van der Waals surface area contributed by atoms with Crippen LogP contribution in [0, 0.1) is 11.3 Å². The van der Waals surface area contributed by atoms with E-state index in [9.17, 15) is 10.1 Å². The number of carbonyl (C=O) groups is 1. The van der Waals surface area contributed by atoms with E-state index in [1.54, 1.807) is 0 Å². The maximum Gasteiger partial charge on any atom is 0.234 e. The van der Waals surface area contributed by atoms with Crippen molar-refractivity contribution in [1.82, 2.24) is 14.7 Å². The Morgan fingerprint density at radius 2 is 2.24 bits per heavy atom. The lowest BCUT2D eigenvalue weighted by Crippen LogP contribution is -2.50. The van der Waals surface area contributed by atoms with Crippen molar-refractivity contribution in [2.24, 2.45) is 0 Å². The number of rotatable bonds is 5. The Kier molecular flexibility index (Phi) is 5.59. The maximum atomic E-state index is 12.3. The number of nitrogens with one attached hydrogen (secondary N) is 1. The third kappa shape index (κ3) is 4.17. The van der Waals surface area contributed by atoms with Crippen molar-refractivity contribution >= 4 is 29.2 Å². The number of carbonyl (C=O) groups excluding carboxylic acids is 1. The van der Waals surface area contributed by atoms with Gasteiger partial charge in [0.15, 0.2) is 4.34 Å². The van der Waals surface area contributed by atoms with Crippen LogP contribution in [-0.2, 0) is 11.2 Å². The first-order valence-electron chi connectivity index (χ1n) is 7.31. The fraction of sp³-hybridized carbons (Fsp3) is 0.714. The van der Waals surface area contributed by atoms with Crippen LogP contribution in [0.4, 0.5) is 0 Å². The molecule has 114 valence electrons. The minimum absolute atomic E-state index is 0.0864. The van der Waals surface area contributed by atoms with Crippen LogP contribution < -0.4 is 5.32 Å². The van der Waals surface area contributed by atoms with Gasteiger partial charge in [-0.05, 0) is 31.3 Å². The second-order valence-electron chi connectivity index (χ2n) is 5.33. The second kappa shape index (κ2) is 7.23. The molecule has 1 aromatic heterocycles. The number of aromatic nitrogens is 2. The van der Waals surface area contributed by atoms with E-state index in [2.05, 4.69) is 20.7 Å². The highest BCUT2D eigenvalue weighted by Crippen LogP contribution is 2.29. The van der Waals surface area contributed by atoms with E-state index >= 15 is 0 Å². The number of hydrogen-bond donors (Lipinski definition) is 1. The summed E-state index contributed by atoms with van der Waals surface area (Å²) < 4.78 is 5.03. The topological polar surface area (TPSA) is 78.7 Å². The van der Waals surface area contributed by atoms with Crippen molar-refractivity contribution in [3.8, 4) is 6.07 Å². The molecule has 1 aliphatic rings.